The van der Waals surface area contributed by atoms with E-state index in [1.807, 2.05) is 48.5 Å². The van der Waals surface area contributed by atoms with Crippen molar-refractivity contribution in [3.63, 3.8) is 0 Å². The van der Waals surface area contributed by atoms with Gasteiger partial charge in [-0.25, -0.2) is 9.59 Å². The van der Waals surface area contributed by atoms with Crippen molar-refractivity contribution < 1.29 is 19.1 Å². The molecule has 0 unspecified atom stereocenters. The van der Waals surface area contributed by atoms with Crippen LogP contribution in [-0.4, -0.2) is 25.2 Å². The summed E-state index contributed by atoms with van der Waals surface area (Å²) in [7, 11) is 0. The van der Waals surface area contributed by atoms with Crippen LogP contribution >= 0.6 is 0 Å². The summed E-state index contributed by atoms with van der Waals surface area (Å²) >= 11 is 0. The van der Waals surface area contributed by atoms with Crippen molar-refractivity contribution >= 4 is 11.9 Å². The van der Waals surface area contributed by atoms with E-state index in [1.165, 1.54) is 0 Å². The molecule has 6 nitrogen and oxygen atoms in total. The maximum absolute atomic E-state index is 13.6. The summed E-state index contributed by atoms with van der Waals surface area (Å²) in [4.78, 5) is 27.0. The number of hydrogen-bond donors (Lipinski definition) is 1. The number of ether oxygens (including phenoxy) is 2. The molecule has 1 aliphatic rings. The standard InChI is InChI=1S/C32H40N2O4/c1-9-37-28(35)25-24(20-11-15-22(16-12-20)30(3,4)5)26(21-13-17-23(18-14-21)31(6,7)8)32(19-33,27(25)34)29(36)38-10-2/h11-18,24,26H,9-10,34H2,1-8H3/t24-,26+,32-/m1/s1. The molecule has 38 heavy (non-hydrogen) atoms. The van der Waals surface area contributed by atoms with Gasteiger partial charge in [0.15, 0.2) is 0 Å². The molecule has 0 saturated heterocycles. The van der Waals surface area contributed by atoms with Gasteiger partial charge in [-0.3, -0.25) is 0 Å². The molecular weight excluding hydrogens is 476 g/mol. The third-order valence-corrected chi connectivity index (χ3v) is 7.37. The number of esters is 2. The first-order valence-corrected chi connectivity index (χ1v) is 13.2. The summed E-state index contributed by atoms with van der Waals surface area (Å²) in [5.41, 5.74) is 8.34. The quantitative estimate of drug-likeness (QED) is 0.472. The summed E-state index contributed by atoms with van der Waals surface area (Å²) in [6, 6.07) is 18.0. The van der Waals surface area contributed by atoms with Gasteiger partial charge in [0.25, 0.3) is 0 Å². The molecule has 0 spiro atoms. The summed E-state index contributed by atoms with van der Waals surface area (Å²) < 4.78 is 10.8. The fraction of sp³-hybridized carbons (Fsp3) is 0.469. The number of nitrogens with zero attached hydrogens (tertiary/aromatic N) is 1. The van der Waals surface area contributed by atoms with Crippen LogP contribution in [0.2, 0.25) is 0 Å². The highest BCUT2D eigenvalue weighted by atomic mass is 16.5. The molecule has 0 heterocycles. The van der Waals surface area contributed by atoms with E-state index in [0.717, 1.165) is 22.3 Å². The van der Waals surface area contributed by atoms with E-state index in [1.54, 1.807) is 13.8 Å². The van der Waals surface area contributed by atoms with Gasteiger partial charge < -0.3 is 15.2 Å². The van der Waals surface area contributed by atoms with Gasteiger partial charge in [0.1, 0.15) is 0 Å². The van der Waals surface area contributed by atoms with Crippen LogP contribution < -0.4 is 5.73 Å². The summed E-state index contributed by atoms with van der Waals surface area (Å²) in [6.07, 6.45) is 0. The van der Waals surface area contributed by atoms with Crippen molar-refractivity contribution in [2.75, 3.05) is 13.2 Å². The topological polar surface area (TPSA) is 102 Å². The van der Waals surface area contributed by atoms with Crippen molar-refractivity contribution in [3.8, 4) is 6.07 Å². The molecule has 3 rings (SSSR count). The Morgan fingerprint density at radius 2 is 1.29 bits per heavy atom. The van der Waals surface area contributed by atoms with Gasteiger partial charge in [-0.15, -0.1) is 0 Å². The summed E-state index contributed by atoms with van der Waals surface area (Å²) in [5.74, 6) is -2.87. The lowest BCUT2D eigenvalue weighted by Crippen LogP contribution is -2.40. The second-order valence-electron chi connectivity index (χ2n) is 11.9. The average molecular weight is 517 g/mol. The molecular formula is C32H40N2O4. The Bertz CT molecular complexity index is 1260. The highest BCUT2D eigenvalue weighted by Gasteiger charge is 2.62. The normalized spacial score (nSPS) is 21.7. The van der Waals surface area contributed by atoms with Crippen LogP contribution in [0.25, 0.3) is 0 Å². The smallest absolute Gasteiger partial charge is 0.336 e. The van der Waals surface area contributed by atoms with Crippen molar-refractivity contribution in [2.45, 2.75) is 78.1 Å². The molecule has 2 aromatic rings. The molecule has 0 radical (unpaired) electrons. The minimum atomic E-state index is -1.89. The second kappa shape index (κ2) is 10.6. The van der Waals surface area contributed by atoms with E-state index in [-0.39, 0.29) is 35.3 Å². The van der Waals surface area contributed by atoms with E-state index >= 15 is 0 Å². The van der Waals surface area contributed by atoms with Crippen LogP contribution in [0.4, 0.5) is 0 Å². The molecule has 3 atom stereocenters. The lowest BCUT2D eigenvalue weighted by atomic mass is 9.68. The Morgan fingerprint density at radius 3 is 1.68 bits per heavy atom. The first-order valence-electron chi connectivity index (χ1n) is 13.2. The fourth-order valence-electron chi connectivity index (χ4n) is 5.25. The lowest BCUT2D eigenvalue weighted by molar-refractivity contribution is -0.151. The van der Waals surface area contributed by atoms with Crippen LogP contribution in [0.5, 0.6) is 0 Å². The van der Waals surface area contributed by atoms with Gasteiger partial charge >= 0.3 is 11.9 Å². The van der Waals surface area contributed by atoms with Crippen LogP contribution in [0.3, 0.4) is 0 Å². The summed E-state index contributed by atoms with van der Waals surface area (Å²) in [6.45, 7) is 16.3. The maximum atomic E-state index is 13.6. The monoisotopic (exact) mass is 516 g/mol. The molecule has 2 N–H and O–H groups in total. The Kier molecular flexibility index (Phi) is 8.12. The molecule has 0 bridgehead atoms. The van der Waals surface area contributed by atoms with Crippen LogP contribution in [0.1, 0.15) is 89.5 Å². The molecule has 6 heteroatoms. The summed E-state index contributed by atoms with van der Waals surface area (Å²) in [5, 5.41) is 10.6. The zero-order valence-electron chi connectivity index (χ0n) is 23.8. The van der Waals surface area contributed by atoms with Gasteiger partial charge in [-0.05, 0) is 46.9 Å². The van der Waals surface area contributed by atoms with Crippen molar-refractivity contribution in [3.05, 3.63) is 82.1 Å². The van der Waals surface area contributed by atoms with Gasteiger partial charge in [-0.1, -0.05) is 90.1 Å². The Hall–Kier alpha value is -3.59. The number of hydrogen-bond acceptors (Lipinski definition) is 6. The third kappa shape index (κ3) is 5.07. The number of nitrogens with two attached hydrogens (primary N) is 1. The molecule has 0 aliphatic heterocycles. The van der Waals surface area contributed by atoms with Crippen LogP contribution in [0, 0.1) is 16.7 Å². The first-order chi connectivity index (χ1) is 17.7. The van der Waals surface area contributed by atoms with Gasteiger partial charge in [0, 0.05) is 11.8 Å². The van der Waals surface area contributed by atoms with E-state index in [2.05, 4.69) is 47.6 Å². The van der Waals surface area contributed by atoms with E-state index < -0.39 is 29.2 Å². The zero-order valence-corrected chi connectivity index (χ0v) is 23.8. The average Bonchev–Trinajstić information content (AvgIpc) is 3.12. The largest absolute Gasteiger partial charge is 0.464 e. The number of nitriles is 1. The van der Waals surface area contributed by atoms with E-state index in [0.29, 0.717) is 0 Å². The highest BCUT2D eigenvalue weighted by molar-refractivity contribution is 5.98. The lowest BCUT2D eigenvalue weighted by Gasteiger charge is -2.32. The van der Waals surface area contributed by atoms with Crippen molar-refractivity contribution in [1.29, 1.82) is 5.26 Å². The molecule has 0 amide bonds. The Morgan fingerprint density at radius 1 is 0.842 bits per heavy atom. The number of rotatable bonds is 6. The number of carbonyl (C=O) groups is 2. The SMILES string of the molecule is CCOC(=O)C1=C(N)[C@](C#N)(C(=O)OCC)[C@@H](c2ccc(C(C)(C)C)cc2)[C@@H]1c1ccc(C(C)(C)C)cc1. The minimum absolute atomic E-state index is 0.0728. The molecule has 202 valence electrons. The van der Waals surface area contributed by atoms with Crippen LogP contribution in [0.15, 0.2) is 59.8 Å². The second-order valence-corrected chi connectivity index (χ2v) is 11.9. The minimum Gasteiger partial charge on any atom is -0.464 e. The first kappa shape index (κ1) is 29.0. The molecule has 0 aromatic heterocycles. The highest BCUT2D eigenvalue weighted by Crippen LogP contribution is 2.59. The van der Waals surface area contributed by atoms with Gasteiger partial charge in [-0.2, -0.15) is 5.26 Å². The molecule has 0 saturated carbocycles. The molecule has 0 fully saturated rings. The van der Waals surface area contributed by atoms with E-state index in [9.17, 15) is 14.9 Å². The van der Waals surface area contributed by atoms with Gasteiger partial charge in [0.05, 0.1) is 30.6 Å². The van der Waals surface area contributed by atoms with Crippen molar-refractivity contribution in [1.82, 2.24) is 0 Å². The molecule has 1 aliphatic carbocycles. The van der Waals surface area contributed by atoms with Crippen LogP contribution in [-0.2, 0) is 29.9 Å². The zero-order chi connectivity index (χ0) is 28.5. The number of carbonyl (C=O) groups excluding carboxylic acids is 2. The third-order valence-electron chi connectivity index (χ3n) is 7.37. The Balaban J connectivity index is 2.35. The molecule has 2 aromatic carbocycles. The Labute approximate surface area is 226 Å². The maximum Gasteiger partial charge on any atom is 0.336 e. The van der Waals surface area contributed by atoms with E-state index in [4.69, 9.17) is 15.2 Å². The predicted molar refractivity (Wildman–Crippen MR) is 148 cm³/mol. The number of benzene rings is 2. The van der Waals surface area contributed by atoms with Gasteiger partial charge in [0.2, 0.25) is 5.41 Å². The fourth-order valence-corrected chi connectivity index (χ4v) is 5.25. The van der Waals surface area contributed by atoms with Crippen molar-refractivity contribution in [2.24, 2.45) is 11.1 Å². The predicted octanol–water partition coefficient (Wildman–Crippen LogP) is 6.01.